The molecular weight excluding hydrogens is 232 g/mol. The average Bonchev–Trinajstić information content (AvgIpc) is 2.75. The lowest BCUT2D eigenvalue weighted by atomic mass is 10.3. The molecule has 0 aliphatic carbocycles. The maximum atomic E-state index is 8.63. The van der Waals surface area contributed by atoms with Gasteiger partial charge < -0.3 is 5.73 Å². The quantitative estimate of drug-likeness (QED) is 0.631. The lowest BCUT2D eigenvalue weighted by Gasteiger charge is -2.12. The second-order valence-corrected chi connectivity index (χ2v) is 4.26. The Morgan fingerprint density at radius 3 is 2.59 bits per heavy atom. The third-order valence-electron chi connectivity index (χ3n) is 1.96. The van der Waals surface area contributed by atoms with E-state index < -0.39 is 0 Å². The van der Waals surface area contributed by atoms with Gasteiger partial charge in [0.05, 0.1) is 31.8 Å². The molecule has 0 fully saturated rings. The van der Waals surface area contributed by atoms with Gasteiger partial charge >= 0.3 is 0 Å². The van der Waals surface area contributed by atoms with Crippen LogP contribution in [0.2, 0.25) is 0 Å². The van der Waals surface area contributed by atoms with Crippen molar-refractivity contribution >= 4 is 11.3 Å². The molecular formula is C12H12N4S. The number of rotatable bonds is 4. The minimum Gasteiger partial charge on any atom is -0.320 e. The van der Waals surface area contributed by atoms with Gasteiger partial charge in [0.25, 0.3) is 0 Å². The van der Waals surface area contributed by atoms with Crippen LogP contribution in [0.5, 0.6) is 0 Å². The number of hydrogen-bond acceptors (Lipinski definition) is 5. The first kappa shape index (κ1) is 13.2. The summed E-state index contributed by atoms with van der Waals surface area (Å²) < 4.78 is 0. The standard InChI is InChI=1S/C12H12N4S/c13-3-1-2-11-8-12(17-10-11)9-16(6-4-14)7-5-15/h8,10H,3,6-7,9,13H2. The van der Waals surface area contributed by atoms with Crippen LogP contribution in [0.4, 0.5) is 0 Å². The third-order valence-corrected chi connectivity index (χ3v) is 2.88. The number of nitrogens with zero attached hydrogens (tertiary/aromatic N) is 3. The Balaban J connectivity index is 2.64. The Labute approximate surface area is 105 Å². The van der Waals surface area contributed by atoms with Crippen LogP contribution in [-0.4, -0.2) is 24.5 Å². The first-order valence-corrected chi connectivity index (χ1v) is 5.90. The van der Waals surface area contributed by atoms with Gasteiger partial charge in [0.2, 0.25) is 0 Å². The molecule has 0 aliphatic heterocycles. The van der Waals surface area contributed by atoms with Crippen molar-refractivity contribution in [1.29, 1.82) is 10.5 Å². The highest BCUT2D eigenvalue weighted by Gasteiger charge is 2.06. The van der Waals surface area contributed by atoms with Crippen molar-refractivity contribution in [2.24, 2.45) is 5.73 Å². The molecule has 0 saturated carbocycles. The van der Waals surface area contributed by atoms with Crippen LogP contribution in [0.3, 0.4) is 0 Å². The number of thiophene rings is 1. The average molecular weight is 244 g/mol. The first-order chi connectivity index (χ1) is 8.30. The summed E-state index contributed by atoms with van der Waals surface area (Å²) in [6.45, 7) is 1.47. The number of nitrogens with two attached hydrogens (primary N) is 1. The van der Waals surface area contributed by atoms with Crippen LogP contribution in [0.1, 0.15) is 10.4 Å². The zero-order chi connectivity index (χ0) is 12.5. The van der Waals surface area contributed by atoms with E-state index in [2.05, 4.69) is 11.8 Å². The van der Waals surface area contributed by atoms with E-state index in [9.17, 15) is 0 Å². The van der Waals surface area contributed by atoms with Crippen LogP contribution in [0.15, 0.2) is 11.4 Å². The first-order valence-electron chi connectivity index (χ1n) is 5.02. The highest BCUT2D eigenvalue weighted by Crippen LogP contribution is 2.15. The van der Waals surface area contributed by atoms with Gasteiger partial charge in [0.15, 0.2) is 0 Å². The van der Waals surface area contributed by atoms with E-state index in [-0.39, 0.29) is 13.1 Å². The van der Waals surface area contributed by atoms with E-state index in [1.807, 2.05) is 23.6 Å². The number of hydrogen-bond donors (Lipinski definition) is 1. The molecule has 0 bridgehead atoms. The lowest BCUT2D eigenvalue weighted by Crippen LogP contribution is -2.23. The molecule has 1 aromatic heterocycles. The largest absolute Gasteiger partial charge is 0.320 e. The van der Waals surface area contributed by atoms with Crippen molar-refractivity contribution < 1.29 is 0 Å². The van der Waals surface area contributed by atoms with Crippen LogP contribution < -0.4 is 5.73 Å². The minimum atomic E-state index is 0.259. The molecule has 0 amide bonds. The zero-order valence-electron chi connectivity index (χ0n) is 9.31. The monoisotopic (exact) mass is 244 g/mol. The van der Waals surface area contributed by atoms with Gasteiger partial charge in [-0.05, 0) is 6.07 Å². The van der Waals surface area contributed by atoms with Crippen molar-refractivity contribution in [2.45, 2.75) is 6.54 Å². The van der Waals surface area contributed by atoms with Crippen LogP contribution >= 0.6 is 11.3 Å². The van der Waals surface area contributed by atoms with Crippen molar-refractivity contribution in [3.8, 4) is 24.0 Å². The SMILES string of the molecule is N#CCN(CC#N)Cc1cc(C#CCN)cs1. The molecule has 0 atom stereocenters. The predicted octanol–water partition coefficient (Wildman–Crippen LogP) is 0.907. The van der Waals surface area contributed by atoms with Gasteiger partial charge in [0, 0.05) is 22.4 Å². The highest BCUT2D eigenvalue weighted by atomic mass is 32.1. The molecule has 0 aliphatic rings. The Morgan fingerprint density at radius 2 is 2.00 bits per heavy atom. The summed E-state index contributed by atoms with van der Waals surface area (Å²) in [5.41, 5.74) is 6.23. The molecule has 0 radical (unpaired) electrons. The summed E-state index contributed by atoms with van der Waals surface area (Å²) in [7, 11) is 0. The molecule has 0 spiro atoms. The Bertz CT molecular complexity index is 479. The van der Waals surface area contributed by atoms with Crippen LogP contribution in [0, 0.1) is 34.5 Å². The number of nitriles is 2. The predicted molar refractivity (Wildman–Crippen MR) is 66.8 cm³/mol. The molecule has 17 heavy (non-hydrogen) atoms. The lowest BCUT2D eigenvalue weighted by molar-refractivity contribution is 0.338. The maximum absolute atomic E-state index is 8.63. The van der Waals surface area contributed by atoms with Gasteiger partial charge in [-0.3, -0.25) is 4.90 Å². The highest BCUT2D eigenvalue weighted by molar-refractivity contribution is 7.10. The van der Waals surface area contributed by atoms with E-state index >= 15 is 0 Å². The Morgan fingerprint density at radius 1 is 1.29 bits per heavy atom. The van der Waals surface area contributed by atoms with Gasteiger partial charge in [-0.2, -0.15) is 10.5 Å². The Kier molecular flexibility index (Phi) is 5.79. The summed E-state index contributed by atoms with van der Waals surface area (Å²) in [5.74, 6) is 5.74. The van der Waals surface area contributed by atoms with E-state index in [0.29, 0.717) is 13.1 Å². The molecule has 5 heteroatoms. The van der Waals surface area contributed by atoms with Crippen molar-refractivity contribution in [3.63, 3.8) is 0 Å². The molecule has 0 aromatic carbocycles. The summed E-state index contributed by atoms with van der Waals surface area (Å²) in [4.78, 5) is 2.88. The normalized spacial score (nSPS) is 9.18. The van der Waals surface area contributed by atoms with E-state index in [4.69, 9.17) is 16.3 Å². The van der Waals surface area contributed by atoms with Gasteiger partial charge in [-0.25, -0.2) is 0 Å². The molecule has 0 unspecified atom stereocenters. The second kappa shape index (κ2) is 7.44. The Hall–Kier alpha value is -1.84. The molecule has 1 heterocycles. The summed E-state index contributed by atoms with van der Waals surface area (Å²) in [6.07, 6.45) is 0. The minimum absolute atomic E-state index is 0.259. The smallest absolute Gasteiger partial charge is 0.0877 e. The van der Waals surface area contributed by atoms with Gasteiger partial charge in [0.1, 0.15) is 0 Å². The summed E-state index contributed by atoms with van der Waals surface area (Å²) in [6, 6.07) is 6.07. The van der Waals surface area contributed by atoms with Crippen LogP contribution in [0.25, 0.3) is 0 Å². The van der Waals surface area contributed by atoms with Crippen molar-refractivity contribution in [3.05, 3.63) is 21.9 Å². The zero-order valence-corrected chi connectivity index (χ0v) is 10.1. The molecule has 1 aromatic rings. The van der Waals surface area contributed by atoms with Crippen LogP contribution in [-0.2, 0) is 6.54 Å². The maximum Gasteiger partial charge on any atom is 0.0877 e. The van der Waals surface area contributed by atoms with Crippen molar-refractivity contribution in [2.75, 3.05) is 19.6 Å². The third kappa shape index (κ3) is 4.68. The molecule has 1 rings (SSSR count). The van der Waals surface area contributed by atoms with E-state index in [1.165, 1.54) is 0 Å². The van der Waals surface area contributed by atoms with Gasteiger partial charge in [-0.15, -0.1) is 11.3 Å². The van der Waals surface area contributed by atoms with E-state index in [1.54, 1.807) is 16.2 Å². The molecule has 2 N–H and O–H groups in total. The fourth-order valence-electron chi connectivity index (χ4n) is 1.27. The molecule has 0 saturated heterocycles. The van der Waals surface area contributed by atoms with Gasteiger partial charge in [-0.1, -0.05) is 11.8 Å². The fourth-order valence-corrected chi connectivity index (χ4v) is 2.13. The van der Waals surface area contributed by atoms with Crippen molar-refractivity contribution in [1.82, 2.24) is 4.90 Å². The summed E-state index contributed by atoms with van der Waals surface area (Å²) >= 11 is 1.58. The van der Waals surface area contributed by atoms with E-state index in [0.717, 1.165) is 10.4 Å². The fraction of sp³-hybridized carbons (Fsp3) is 0.333. The molecule has 86 valence electrons. The second-order valence-electron chi connectivity index (χ2n) is 3.27. The molecule has 4 nitrogen and oxygen atoms in total. The summed E-state index contributed by atoms with van der Waals surface area (Å²) in [5, 5.41) is 19.2. The topological polar surface area (TPSA) is 76.8 Å².